The Labute approximate surface area is 124 Å². The van der Waals surface area contributed by atoms with E-state index in [2.05, 4.69) is 16.9 Å². The van der Waals surface area contributed by atoms with Crippen LogP contribution in [0.25, 0.3) is 0 Å². The van der Waals surface area contributed by atoms with Crippen LogP contribution in [-0.4, -0.2) is 5.91 Å². The summed E-state index contributed by atoms with van der Waals surface area (Å²) < 4.78 is 0. The molecule has 4 nitrogen and oxygen atoms in total. The number of carbonyl (C=O) groups excluding carboxylic acids is 1. The third kappa shape index (κ3) is 2.99. The number of anilines is 2. The normalized spacial score (nSPS) is 13.3. The van der Waals surface area contributed by atoms with Crippen molar-refractivity contribution in [2.75, 3.05) is 10.8 Å². The Kier molecular flexibility index (Phi) is 3.52. The minimum absolute atomic E-state index is 0.0786. The predicted octanol–water partition coefficient (Wildman–Crippen LogP) is 3.59. The Morgan fingerprint density at radius 1 is 1.10 bits per heavy atom. The van der Waals surface area contributed by atoms with Crippen LogP contribution < -0.4 is 15.6 Å². The molecule has 4 heteroatoms. The highest BCUT2D eigenvalue weighted by molar-refractivity contribution is 5.94. The lowest BCUT2D eigenvalue weighted by Crippen LogP contribution is -2.19. The number of aryl methyl sites for hydroxylation is 3. The molecule has 1 heterocycles. The third-order valence-corrected chi connectivity index (χ3v) is 3.62. The molecule has 2 aromatic carbocycles. The van der Waals surface area contributed by atoms with Gasteiger partial charge in [-0.25, -0.2) is 5.48 Å². The van der Waals surface area contributed by atoms with E-state index in [1.807, 2.05) is 44.2 Å². The smallest absolute Gasteiger partial charge is 0.224 e. The van der Waals surface area contributed by atoms with E-state index in [0.717, 1.165) is 40.2 Å². The lowest BCUT2D eigenvalue weighted by Gasteiger charge is -2.18. The highest BCUT2D eigenvalue weighted by Gasteiger charge is 2.14. The van der Waals surface area contributed by atoms with Crippen LogP contribution in [0, 0.1) is 13.8 Å². The van der Waals surface area contributed by atoms with E-state index in [1.165, 1.54) is 0 Å². The molecule has 0 bridgehead atoms. The fourth-order valence-electron chi connectivity index (χ4n) is 2.38. The summed E-state index contributed by atoms with van der Waals surface area (Å²) in [6, 6.07) is 11.9. The Hall–Kier alpha value is -2.49. The van der Waals surface area contributed by atoms with E-state index in [9.17, 15) is 4.79 Å². The first-order chi connectivity index (χ1) is 10.1. The first-order valence-corrected chi connectivity index (χ1v) is 7.05. The summed E-state index contributed by atoms with van der Waals surface area (Å²) in [7, 11) is 0. The molecule has 108 valence electrons. The predicted molar refractivity (Wildman–Crippen MR) is 83.6 cm³/mol. The summed E-state index contributed by atoms with van der Waals surface area (Å²) in [5.41, 5.74) is 8.12. The summed E-state index contributed by atoms with van der Waals surface area (Å²) in [6.07, 6.45) is 1.30. The molecule has 0 atom stereocenters. The molecule has 2 N–H and O–H groups in total. The van der Waals surface area contributed by atoms with Gasteiger partial charge in [0, 0.05) is 12.1 Å². The van der Waals surface area contributed by atoms with Crippen LogP contribution >= 0.6 is 0 Å². The van der Waals surface area contributed by atoms with Crippen molar-refractivity contribution in [3.05, 3.63) is 53.1 Å². The molecule has 0 radical (unpaired) electrons. The second-order valence-corrected chi connectivity index (χ2v) is 5.39. The molecule has 1 aliphatic rings. The van der Waals surface area contributed by atoms with Gasteiger partial charge in [-0.1, -0.05) is 12.1 Å². The van der Waals surface area contributed by atoms with E-state index in [4.69, 9.17) is 4.84 Å². The summed E-state index contributed by atoms with van der Waals surface area (Å²) in [6.45, 7) is 4.05. The van der Waals surface area contributed by atoms with Crippen LogP contribution in [0.15, 0.2) is 36.4 Å². The van der Waals surface area contributed by atoms with E-state index in [0.29, 0.717) is 6.42 Å². The van der Waals surface area contributed by atoms with Crippen LogP contribution in [0.4, 0.5) is 11.4 Å². The molecule has 0 aliphatic carbocycles. The average molecular weight is 282 g/mol. The lowest BCUT2D eigenvalue weighted by atomic mass is 10.0. The number of benzene rings is 2. The van der Waals surface area contributed by atoms with E-state index in [-0.39, 0.29) is 5.91 Å². The van der Waals surface area contributed by atoms with Crippen molar-refractivity contribution in [1.82, 2.24) is 0 Å². The standard InChI is InChI=1S/C17H18N2O2/c1-11-3-4-12(2)16(9-11)21-19-14-6-7-15-13(10-14)5-8-17(20)18-15/h3-4,6-7,9-10,19H,5,8H2,1-2H3,(H,18,20). The van der Waals surface area contributed by atoms with Crippen molar-refractivity contribution in [3.8, 4) is 5.75 Å². The topological polar surface area (TPSA) is 50.4 Å². The van der Waals surface area contributed by atoms with Gasteiger partial charge in [-0.2, -0.15) is 0 Å². The van der Waals surface area contributed by atoms with Crippen LogP contribution in [0.1, 0.15) is 23.1 Å². The molecule has 0 fully saturated rings. The molecule has 3 rings (SSSR count). The molecule has 0 spiro atoms. The van der Waals surface area contributed by atoms with Crippen LogP contribution in [-0.2, 0) is 11.2 Å². The maximum atomic E-state index is 11.3. The molecule has 1 aliphatic heterocycles. The molecular formula is C17H18N2O2. The highest BCUT2D eigenvalue weighted by atomic mass is 16.6. The quantitative estimate of drug-likeness (QED) is 0.846. The number of amides is 1. The first kappa shape index (κ1) is 13.5. The van der Waals surface area contributed by atoms with Crippen molar-refractivity contribution in [2.24, 2.45) is 0 Å². The number of rotatable bonds is 3. The molecule has 0 saturated carbocycles. The minimum Gasteiger partial charge on any atom is -0.382 e. The van der Waals surface area contributed by atoms with Gasteiger partial charge in [0.15, 0.2) is 5.75 Å². The number of fused-ring (bicyclic) bond motifs is 1. The fraction of sp³-hybridized carbons (Fsp3) is 0.235. The highest BCUT2D eigenvalue weighted by Crippen LogP contribution is 2.26. The van der Waals surface area contributed by atoms with Gasteiger partial charge in [-0.05, 0) is 61.2 Å². The SMILES string of the molecule is Cc1ccc(C)c(ONc2ccc3c(c2)CCC(=O)N3)c1. The lowest BCUT2D eigenvalue weighted by molar-refractivity contribution is -0.116. The molecular weight excluding hydrogens is 264 g/mol. The van der Waals surface area contributed by atoms with Crippen molar-refractivity contribution in [2.45, 2.75) is 26.7 Å². The Morgan fingerprint density at radius 3 is 2.81 bits per heavy atom. The molecule has 0 aromatic heterocycles. The van der Waals surface area contributed by atoms with Gasteiger partial charge in [0.2, 0.25) is 5.91 Å². The Bertz CT molecular complexity index is 695. The Morgan fingerprint density at radius 2 is 1.95 bits per heavy atom. The van der Waals surface area contributed by atoms with Crippen molar-refractivity contribution in [3.63, 3.8) is 0 Å². The van der Waals surface area contributed by atoms with Crippen molar-refractivity contribution >= 4 is 17.3 Å². The first-order valence-electron chi connectivity index (χ1n) is 7.05. The van der Waals surface area contributed by atoms with Gasteiger partial charge in [-0.15, -0.1) is 0 Å². The van der Waals surface area contributed by atoms with Crippen LogP contribution in [0.5, 0.6) is 5.75 Å². The monoisotopic (exact) mass is 282 g/mol. The number of hydrogen-bond donors (Lipinski definition) is 2. The fourth-order valence-corrected chi connectivity index (χ4v) is 2.38. The summed E-state index contributed by atoms with van der Waals surface area (Å²) in [5.74, 6) is 0.899. The summed E-state index contributed by atoms with van der Waals surface area (Å²) in [4.78, 5) is 17.0. The van der Waals surface area contributed by atoms with Crippen LogP contribution in [0.3, 0.4) is 0 Å². The van der Waals surface area contributed by atoms with Gasteiger partial charge in [0.05, 0.1) is 5.69 Å². The Balaban J connectivity index is 1.74. The maximum Gasteiger partial charge on any atom is 0.224 e. The third-order valence-electron chi connectivity index (χ3n) is 3.62. The second-order valence-electron chi connectivity index (χ2n) is 5.39. The zero-order valence-electron chi connectivity index (χ0n) is 12.2. The van der Waals surface area contributed by atoms with Gasteiger partial charge in [-0.3, -0.25) is 4.79 Å². The van der Waals surface area contributed by atoms with E-state index in [1.54, 1.807) is 0 Å². The molecule has 1 amide bonds. The van der Waals surface area contributed by atoms with Gasteiger partial charge >= 0.3 is 0 Å². The van der Waals surface area contributed by atoms with Gasteiger partial charge in [0.1, 0.15) is 0 Å². The van der Waals surface area contributed by atoms with Gasteiger partial charge in [0.25, 0.3) is 0 Å². The zero-order chi connectivity index (χ0) is 14.8. The summed E-state index contributed by atoms with van der Waals surface area (Å²) >= 11 is 0. The van der Waals surface area contributed by atoms with Crippen LogP contribution in [0.2, 0.25) is 0 Å². The average Bonchev–Trinajstić information content (AvgIpc) is 2.48. The number of hydrogen-bond acceptors (Lipinski definition) is 3. The largest absolute Gasteiger partial charge is 0.382 e. The van der Waals surface area contributed by atoms with Crippen molar-refractivity contribution in [1.29, 1.82) is 0 Å². The van der Waals surface area contributed by atoms with Crippen molar-refractivity contribution < 1.29 is 9.63 Å². The molecule has 21 heavy (non-hydrogen) atoms. The summed E-state index contributed by atoms with van der Waals surface area (Å²) in [5, 5.41) is 2.87. The zero-order valence-corrected chi connectivity index (χ0v) is 12.2. The van der Waals surface area contributed by atoms with E-state index < -0.39 is 0 Å². The van der Waals surface area contributed by atoms with Gasteiger partial charge < -0.3 is 10.2 Å². The molecule has 0 unspecified atom stereocenters. The number of carbonyl (C=O) groups is 1. The van der Waals surface area contributed by atoms with E-state index >= 15 is 0 Å². The maximum absolute atomic E-state index is 11.3. The number of nitrogens with one attached hydrogen (secondary N) is 2. The molecule has 2 aromatic rings. The minimum atomic E-state index is 0.0786. The molecule has 0 saturated heterocycles. The second kappa shape index (κ2) is 5.48.